The number of benzene rings is 1. The van der Waals surface area contributed by atoms with Crippen LogP contribution in [0.25, 0.3) is 10.9 Å². The first-order valence-electron chi connectivity index (χ1n) is 5.36. The fourth-order valence-electron chi connectivity index (χ4n) is 1.68. The number of rotatable bonds is 4. The van der Waals surface area contributed by atoms with E-state index in [-0.39, 0.29) is 12.4 Å². The van der Waals surface area contributed by atoms with E-state index >= 15 is 0 Å². The molecule has 0 amide bonds. The van der Waals surface area contributed by atoms with E-state index in [1.165, 1.54) is 7.11 Å². The van der Waals surface area contributed by atoms with Crippen molar-refractivity contribution in [2.24, 2.45) is 5.73 Å². The number of pyridine rings is 1. The second kappa shape index (κ2) is 5.03. The number of nitrogens with zero attached hydrogens (tertiary/aromatic N) is 1. The van der Waals surface area contributed by atoms with E-state index in [1.54, 1.807) is 12.3 Å². The van der Waals surface area contributed by atoms with E-state index in [0.717, 1.165) is 10.9 Å². The molecule has 0 aliphatic heterocycles. The number of aromatic nitrogens is 1. The van der Waals surface area contributed by atoms with Crippen LogP contribution in [-0.4, -0.2) is 30.5 Å². The molecule has 0 saturated carbocycles. The molecule has 0 fully saturated rings. The van der Waals surface area contributed by atoms with Gasteiger partial charge in [-0.15, -0.1) is 0 Å². The highest BCUT2D eigenvalue weighted by Crippen LogP contribution is 2.13. The second-order valence-electron chi connectivity index (χ2n) is 3.84. The summed E-state index contributed by atoms with van der Waals surface area (Å²) in [4.78, 5) is 16.2. The second-order valence-corrected chi connectivity index (χ2v) is 3.84. The Kier molecular flexibility index (Phi) is 3.46. The average molecular weight is 230 g/mol. The first kappa shape index (κ1) is 11.7. The summed E-state index contributed by atoms with van der Waals surface area (Å²) < 4.78 is 4.87. The summed E-state index contributed by atoms with van der Waals surface area (Å²) in [5, 5.41) is 0.933. The van der Waals surface area contributed by atoms with Crippen molar-refractivity contribution in [1.29, 1.82) is 0 Å². The van der Waals surface area contributed by atoms with E-state index in [1.807, 2.05) is 24.3 Å². The minimum Gasteiger partial charge on any atom is -0.383 e. The van der Waals surface area contributed by atoms with Gasteiger partial charge >= 0.3 is 0 Å². The molecule has 4 nitrogen and oxygen atoms in total. The van der Waals surface area contributed by atoms with Gasteiger partial charge in [0, 0.05) is 24.3 Å². The van der Waals surface area contributed by atoms with Crippen LogP contribution in [0.3, 0.4) is 0 Å². The maximum atomic E-state index is 11.9. The molecule has 0 bridgehead atoms. The maximum absolute atomic E-state index is 11.9. The van der Waals surface area contributed by atoms with Crippen molar-refractivity contribution in [3.63, 3.8) is 0 Å². The number of ether oxygens (including phenoxy) is 1. The number of ketones is 1. The Morgan fingerprint density at radius 3 is 3.00 bits per heavy atom. The Bertz CT molecular complexity index is 540. The lowest BCUT2D eigenvalue weighted by Crippen LogP contribution is -2.34. The number of fused-ring (bicyclic) bond motifs is 1. The van der Waals surface area contributed by atoms with E-state index in [2.05, 4.69) is 4.98 Å². The zero-order valence-corrected chi connectivity index (χ0v) is 9.59. The van der Waals surface area contributed by atoms with E-state index in [4.69, 9.17) is 10.5 Å². The summed E-state index contributed by atoms with van der Waals surface area (Å²) in [5.41, 5.74) is 7.09. The quantitative estimate of drug-likeness (QED) is 0.806. The number of Topliss-reactive ketones (excluding diaryl/α,β-unsaturated/α-hetero) is 1. The van der Waals surface area contributed by atoms with Crippen molar-refractivity contribution in [1.82, 2.24) is 4.98 Å². The van der Waals surface area contributed by atoms with Crippen LogP contribution >= 0.6 is 0 Å². The van der Waals surface area contributed by atoms with Crippen LogP contribution < -0.4 is 5.73 Å². The van der Waals surface area contributed by atoms with Gasteiger partial charge in [0.05, 0.1) is 18.2 Å². The Labute approximate surface area is 99.4 Å². The molecule has 0 aliphatic rings. The molecule has 17 heavy (non-hydrogen) atoms. The number of methoxy groups -OCH3 is 1. The minimum atomic E-state index is -0.636. The fourth-order valence-corrected chi connectivity index (χ4v) is 1.68. The van der Waals surface area contributed by atoms with Crippen LogP contribution in [-0.2, 0) is 4.74 Å². The monoisotopic (exact) mass is 230 g/mol. The number of hydrogen-bond donors (Lipinski definition) is 1. The predicted octanol–water partition coefficient (Wildman–Crippen LogP) is 1.39. The van der Waals surface area contributed by atoms with Gasteiger partial charge in [0.15, 0.2) is 5.78 Å². The smallest absolute Gasteiger partial charge is 0.183 e. The van der Waals surface area contributed by atoms with Gasteiger partial charge in [0.2, 0.25) is 0 Å². The summed E-state index contributed by atoms with van der Waals surface area (Å²) in [7, 11) is 1.52. The molecule has 2 aromatic rings. The fraction of sp³-hybridized carbons (Fsp3) is 0.231. The molecule has 1 aromatic carbocycles. The molecule has 1 atom stereocenters. The van der Waals surface area contributed by atoms with Crippen molar-refractivity contribution in [2.45, 2.75) is 6.04 Å². The van der Waals surface area contributed by atoms with Crippen LogP contribution in [0.2, 0.25) is 0 Å². The molecule has 1 unspecified atom stereocenters. The van der Waals surface area contributed by atoms with Gasteiger partial charge in [-0.25, -0.2) is 0 Å². The number of carbonyl (C=O) groups is 1. The standard InChI is InChI=1S/C13H14N2O2/c1-17-8-11(14)13(16)10-6-9-4-2-3-5-12(9)15-7-10/h2-7,11H,8,14H2,1H3. The van der Waals surface area contributed by atoms with E-state index in [9.17, 15) is 4.79 Å². The summed E-state index contributed by atoms with van der Waals surface area (Å²) in [5.74, 6) is -0.148. The molecule has 0 radical (unpaired) electrons. The average Bonchev–Trinajstić information content (AvgIpc) is 2.37. The van der Waals surface area contributed by atoms with Gasteiger partial charge < -0.3 is 10.5 Å². The van der Waals surface area contributed by atoms with E-state index in [0.29, 0.717) is 5.56 Å². The summed E-state index contributed by atoms with van der Waals surface area (Å²) in [6.07, 6.45) is 1.56. The minimum absolute atomic E-state index is 0.148. The van der Waals surface area contributed by atoms with Crippen LogP contribution in [0.5, 0.6) is 0 Å². The van der Waals surface area contributed by atoms with Crippen molar-refractivity contribution >= 4 is 16.7 Å². The number of nitrogens with two attached hydrogens (primary N) is 1. The van der Waals surface area contributed by atoms with Crippen LogP contribution in [0.1, 0.15) is 10.4 Å². The molecule has 0 aliphatic carbocycles. The van der Waals surface area contributed by atoms with Gasteiger partial charge in [-0.05, 0) is 12.1 Å². The Balaban J connectivity index is 2.33. The van der Waals surface area contributed by atoms with Gasteiger partial charge in [-0.2, -0.15) is 0 Å². The normalized spacial score (nSPS) is 12.6. The zero-order chi connectivity index (χ0) is 12.3. The number of hydrogen-bond acceptors (Lipinski definition) is 4. The zero-order valence-electron chi connectivity index (χ0n) is 9.59. The maximum Gasteiger partial charge on any atom is 0.183 e. The summed E-state index contributed by atoms with van der Waals surface area (Å²) >= 11 is 0. The van der Waals surface area contributed by atoms with Crippen molar-refractivity contribution in [3.8, 4) is 0 Å². The van der Waals surface area contributed by atoms with Crippen molar-refractivity contribution in [3.05, 3.63) is 42.1 Å². The van der Waals surface area contributed by atoms with E-state index < -0.39 is 6.04 Å². The van der Waals surface area contributed by atoms with Gasteiger partial charge in [-0.1, -0.05) is 18.2 Å². The highest BCUT2D eigenvalue weighted by atomic mass is 16.5. The van der Waals surface area contributed by atoms with Crippen LogP contribution in [0, 0.1) is 0 Å². The topological polar surface area (TPSA) is 65.2 Å². The Morgan fingerprint density at radius 1 is 1.47 bits per heavy atom. The third-order valence-corrected chi connectivity index (χ3v) is 2.56. The van der Waals surface area contributed by atoms with Gasteiger partial charge in [0.25, 0.3) is 0 Å². The first-order valence-corrected chi connectivity index (χ1v) is 5.36. The largest absolute Gasteiger partial charge is 0.383 e. The number of carbonyl (C=O) groups excluding carboxylic acids is 1. The Hall–Kier alpha value is -1.78. The highest BCUT2D eigenvalue weighted by molar-refractivity contribution is 6.02. The molecule has 2 N–H and O–H groups in total. The molecule has 88 valence electrons. The molecular weight excluding hydrogens is 216 g/mol. The Morgan fingerprint density at radius 2 is 2.24 bits per heavy atom. The van der Waals surface area contributed by atoms with Gasteiger partial charge in [0.1, 0.15) is 0 Å². The van der Waals surface area contributed by atoms with Crippen molar-refractivity contribution in [2.75, 3.05) is 13.7 Å². The molecule has 0 spiro atoms. The van der Waals surface area contributed by atoms with Gasteiger partial charge in [-0.3, -0.25) is 9.78 Å². The summed E-state index contributed by atoms with van der Waals surface area (Å²) in [6.45, 7) is 0.214. The molecule has 1 aromatic heterocycles. The molecular formula is C13H14N2O2. The molecule has 0 saturated heterocycles. The molecule has 2 rings (SSSR count). The van der Waals surface area contributed by atoms with Crippen LogP contribution in [0.15, 0.2) is 36.5 Å². The third-order valence-electron chi connectivity index (χ3n) is 2.56. The molecule has 4 heteroatoms. The third kappa shape index (κ3) is 2.49. The highest BCUT2D eigenvalue weighted by Gasteiger charge is 2.16. The first-order chi connectivity index (χ1) is 8.22. The predicted molar refractivity (Wildman–Crippen MR) is 65.9 cm³/mol. The lowest BCUT2D eigenvalue weighted by Gasteiger charge is -2.09. The SMILES string of the molecule is COCC(N)C(=O)c1cnc2ccccc2c1. The number of para-hydroxylation sites is 1. The summed E-state index contributed by atoms with van der Waals surface area (Å²) in [6, 6.07) is 8.81. The molecule has 1 heterocycles. The lowest BCUT2D eigenvalue weighted by molar-refractivity contribution is 0.0892. The van der Waals surface area contributed by atoms with Crippen molar-refractivity contribution < 1.29 is 9.53 Å². The van der Waals surface area contributed by atoms with Crippen LogP contribution in [0.4, 0.5) is 0 Å². The lowest BCUT2D eigenvalue weighted by atomic mass is 10.1.